The predicted molar refractivity (Wildman–Crippen MR) is 103 cm³/mol. The summed E-state index contributed by atoms with van der Waals surface area (Å²) < 4.78 is 5.55. The van der Waals surface area contributed by atoms with E-state index in [0.717, 1.165) is 11.1 Å². The van der Waals surface area contributed by atoms with Crippen LogP contribution in [0.3, 0.4) is 0 Å². The minimum Gasteiger partial charge on any atom is -0.484 e. The number of benzene rings is 2. The zero-order chi connectivity index (χ0) is 19.1. The Morgan fingerprint density at radius 2 is 1.85 bits per heavy atom. The van der Waals surface area contributed by atoms with Crippen molar-refractivity contribution in [2.45, 2.75) is 40.2 Å². The van der Waals surface area contributed by atoms with Gasteiger partial charge in [-0.3, -0.25) is 9.59 Å². The Labute approximate surface area is 154 Å². The quantitative estimate of drug-likeness (QED) is 0.792. The van der Waals surface area contributed by atoms with Crippen LogP contribution >= 0.6 is 0 Å². The smallest absolute Gasteiger partial charge is 0.258 e. The molecule has 2 N–H and O–H groups in total. The zero-order valence-corrected chi connectivity index (χ0v) is 15.8. The fraction of sp³-hybridized carbons (Fsp3) is 0.333. The lowest BCUT2D eigenvalue weighted by Crippen LogP contribution is -2.31. The Kier molecular flexibility index (Phi) is 6.78. The standard InChI is InChI=1S/C21H26N2O3/c1-5-20(24)23-17-7-6-8-18(12-17)26-13-21(25)22-16(4)19-10-9-14(2)11-15(19)3/h6-12,16H,5,13H2,1-4H3,(H,22,25)(H,23,24)/t16-/m1/s1. The highest BCUT2D eigenvalue weighted by Crippen LogP contribution is 2.19. The number of rotatable bonds is 7. The molecule has 5 nitrogen and oxygen atoms in total. The van der Waals surface area contributed by atoms with Crippen molar-refractivity contribution in [2.75, 3.05) is 11.9 Å². The van der Waals surface area contributed by atoms with E-state index in [4.69, 9.17) is 4.74 Å². The van der Waals surface area contributed by atoms with E-state index >= 15 is 0 Å². The highest BCUT2D eigenvalue weighted by molar-refractivity contribution is 5.90. The van der Waals surface area contributed by atoms with E-state index in [1.54, 1.807) is 31.2 Å². The van der Waals surface area contributed by atoms with Crippen LogP contribution in [0.4, 0.5) is 5.69 Å². The molecule has 0 unspecified atom stereocenters. The Hall–Kier alpha value is -2.82. The van der Waals surface area contributed by atoms with Crippen molar-refractivity contribution in [3.63, 3.8) is 0 Å². The highest BCUT2D eigenvalue weighted by atomic mass is 16.5. The largest absolute Gasteiger partial charge is 0.484 e. The third kappa shape index (κ3) is 5.62. The van der Waals surface area contributed by atoms with E-state index in [-0.39, 0.29) is 24.5 Å². The van der Waals surface area contributed by atoms with Crippen LogP contribution in [0.5, 0.6) is 5.75 Å². The van der Waals surface area contributed by atoms with E-state index in [9.17, 15) is 9.59 Å². The number of nitrogens with one attached hydrogen (secondary N) is 2. The molecule has 0 bridgehead atoms. The van der Waals surface area contributed by atoms with Crippen molar-refractivity contribution in [3.8, 4) is 5.75 Å². The number of carbonyl (C=O) groups is 2. The van der Waals surface area contributed by atoms with Gasteiger partial charge in [-0.15, -0.1) is 0 Å². The first-order valence-corrected chi connectivity index (χ1v) is 8.78. The second-order valence-electron chi connectivity index (χ2n) is 6.37. The predicted octanol–water partition coefficient (Wildman–Crippen LogP) is 3.91. The van der Waals surface area contributed by atoms with E-state index in [1.165, 1.54) is 5.56 Å². The maximum absolute atomic E-state index is 12.2. The van der Waals surface area contributed by atoms with Crippen LogP contribution in [0.1, 0.15) is 43.0 Å². The van der Waals surface area contributed by atoms with Crippen LogP contribution in [0, 0.1) is 13.8 Å². The first-order valence-electron chi connectivity index (χ1n) is 8.78. The number of hydrogen-bond donors (Lipinski definition) is 2. The molecule has 2 rings (SSSR count). The third-order valence-electron chi connectivity index (χ3n) is 4.08. The van der Waals surface area contributed by atoms with Gasteiger partial charge >= 0.3 is 0 Å². The summed E-state index contributed by atoms with van der Waals surface area (Å²) in [5.74, 6) is 0.274. The van der Waals surface area contributed by atoms with E-state index in [2.05, 4.69) is 16.7 Å². The third-order valence-corrected chi connectivity index (χ3v) is 4.08. The molecule has 0 radical (unpaired) electrons. The molecule has 0 aliphatic rings. The van der Waals surface area contributed by atoms with Crippen LogP contribution in [-0.2, 0) is 9.59 Å². The highest BCUT2D eigenvalue weighted by Gasteiger charge is 2.12. The van der Waals surface area contributed by atoms with Crippen molar-refractivity contribution in [1.82, 2.24) is 5.32 Å². The Bertz CT molecular complexity index is 787. The molecular weight excluding hydrogens is 328 g/mol. The first kappa shape index (κ1) is 19.5. The lowest BCUT2D eigenvalue weighted by molar-refractivity contribution is -0.123. The zero-order valence-electron chi connectivity index (χ0n) is 15.8. The minimum atomic E-state index is -0.194. The van der Waals surface area contributed by atoms with E-state index < -0.39 is 0 Å². The lowest BCUT2D eigenvalue weighted by atomic mass is 10.0. The number of amides is 2. The molecular formula is C21H26N2O3. The molecule has 0 saturated carbocycles. The Balaban J connectivity index is 1.90. The molecule has 138 valence electrons. The second kappa shape index (κ2) is 9.04. The number of ether oxygens (including phenoxy) is 1. The molecule has 0 spiro atoms. The molecule has 2 aromatic rings. The SMILES string of the molecule is CCC(=O)Nc1cccc(OCC(=O)N[C@H](C)c2ccc(C)cc2C)c1. The van der Waals surface area contributed by atoms with Gasteiger partial charge in [0.2, 0.25) is 5.91 Å². The summed E-state index contributed by atoms with van der Waals surface area (Å²) in [7, 11) is 0. The van der Waals surface area contributed by atoms with Gasteiger partial charge in [0, 0.05) is 18.2 Å². The number of anilines is 1. The molecule has 0 saturated heterocycles. The second-order valence-corrected chi connectivity index (χ2v) is 6.37. The molecule has 0 aliphatic carbocycles. The molecule has 1 atom stereocenters. The fourth-order valence-electron chi connectivity index (χ4n) is 2.73. The maximum atomic E-state index is 12.2. The number of aryl methyl sites for hydroxylation is 2. The van der Waals surface area contributed by atoms with Crippen molar-refractivity contribution < 1.29 is 14.3 Å². The van der Waals surface area contributed by atoms with Gasteiger partial charge in [0.25, 0.3) is 5.91 Å². The van der Waals surface area contributed by atoms with Crippen LogP contribution in [0.2, 0.25) is 0 Å². The fourth-order valence-corrected chi connectivity index (χ4v) is 2.73. The van der Waals surface area contributed by atoms with Crippen molar-refractivity contribution in [3.05, 3.63) is 59.2 Å². The van der Waals surface area contributed by atoms with Gasteiger partial charge in [0.05, 0.1) is 6.04 Å². The molecule has 26 heavy (non-hydrogen) atoms. The van der Waals surface area contributed by atoms with Gasteiger partial charge in [0.1, 0.15) is 5.75 Å². The summed E-state index contributed by atoms with van der Waals surface area (Å²) >= 11 is 0. The van der Waals surface area contributed by atoms with Crippen LogP contribution in [0.15, 0.2) is 42.5 Å². The van der Waals surface area contributed by atoms with Crippen LogP contribution in [-0.4, -0.2) is 18.4 Å². The van der Waals surface area contributed by atoms with Crippen molar-refractivity contribution in [2.24, 2.45) is 0 Å². The Morgan fingerprint density at radius 1 is 1.08 bits per heavy atom. The molecule has 0 fully saturated rings. The van der Waals surface area contributed by atoms with Crippen LogP contribution < -0.4 is 15.4 Å². The molecule has 0 aliphatic heterocycles. The average Bonchev–Trinajstić information content (AvgIpc) is 2.60. The average molecular weight is 354 g/mol. The van der Waals surface area contributed by atoms with Crippen molar-refractivity contribution >= 4 is 17.5 Å². The number of carbonyl (C=O) groups excluding carboxylic acids is 2. The van der Waals surface area contributed by atoms with Gasteiger partial charge in [-0.1, -0.05) is 36.8 Å². The molecule has 0 heterocycles. The monoisotopic (exact) mass is 354 g/mol. The molecule has 0 aromatic heterocycles. The number of hydrogen-bond acceptors (Lipinski definition) is 3. The molecule has 2 amide bonds. The maximum Gasteiger partial charge on any atom is 0.258 e. The van der Waals surface area contributed by atoms with Crippen LogP contribution in [0.25, 0.3) is 0 Å². The normalized spacial score (nSPS) is 11.5. The lowest BCUT2D eigenvalue weighted by Gasteiger charge is -2.17. The summed E-state index contributed by atoms with van der Waals surface area (Å²) in [4.78, 5) is 23.6. The Morgan fingerprint density at radius 3 is 2.54 bits per heavy atom. The van der Waals surface area contributed by atoms with Gasteiger partial charge < -0.3 is 15.4 Å². The summed E-state index contributed by atoms with van der Waals surface area (Å²) in [6.45, 7) is 7.75. The summed E-state index contributed by atoms with van der Waals surface area (Å²) in [6, 6.07) is 13.1. The summed E-state index contributed by atoms with van der Waals surface area (Å²) in [5, 5.41) is 5.71. The van der Waals surface area contributed by atoms with E-state index in [0.29, 0.717) is 17.9 Å². The van der Waals surface area contributed by atoms with Gasteiger partial charge in [-0.25, -0.2) is 0 Å². The minimum absolute atomic E-state index is 0.0674. The van der Waals surface area contributed by atoms with E-state index in [1.807, 2.05) is 32.9 Å². The molecule has 5 heteroatoms. The summed E-state index contributed by atoms with van der Waals surface area (Å²) in [5.41, 5.74) is 4.09. The van der Waals surface area contributed by atoms with Gasteiger partial charge in [-0.2, -0.15) is 0 Å². The van der Waals surface area contributed by atoms with Gasteiger partial charge in [0.15, 0.2) is 6.61 Å². The van der Waals surface area contributed by atoms with Gasteiger partial charge in [-0.05, 0) is 44.0 Å². The van der Waals surface area contributed by atoms with Crippen molar-refractivity contribution in [1.29, 1.82) is 0 Å². The first-order chi connectivity index (χ1) is 12.4. The topological polar surface area (TPSA) is 67.4 Å². The molecule has 2 aromatic carbocycles. The summed E-state index contributed by atoms with van der Waals surface area (Å²) in [6.07, 6.45) is 0.407.